The van der Waals surface area contributed by atoms with Crippen LogP contribution in [0.1, 0.15) is 5.56 Å². The largest absolute Gasteiger partial charge is 0.435 e. The molecule has 0 unspecified atom stereocenters. The summed E-state index contributed by atoms with van der Waals surface area (Å²) < 4.78 is 58.0. The minimum Gasteiger partial charge on any atom is -0.435 e. The molecular weight excluding hydrogens is 356 g/mol. The molecule has 0 radical (unpaired) electrons. The van der Waals surface area contributed by atoms with Crippen LogP contribution in [0, 0.1) is 0 Å². The molecule has 1 heterocycles. The number of ether oxygens (including phenoxy) is 2. The van der Waals surface area contributed by atoms with E-state index < -0.39 is 13.2 Å². The van der Waals surface area contributed by atoms with Gasteiger partial charge in [-0.15, -0.1) is 0 Å². The van der Waals surface area contributed by atoms with Crippen molar-refractivity contribution in [1.29, 1.82) is 0 Å². The lowest BCUT2D eigenvalue weighted by Crippen LogP contribution is -2.07. The summed E-state index contributed by atoms with van der Waals surface area (Å²) in [6, 6.07) is 10.7. The Hall–Kier alpha value is -3.30. The fraction of sp³-hybridized carbons (Fsp3) is 0.125. The quantitative estimate of drug-likeness (QED) is 0.372. The molecule has 0 spiro atoms. The minimum atomic E-state index is -3.13. The second kappa shape index (κ2) is 7.72. The number of fused-ring (bicyclic) bond motifs is 1. The predicted octanol–water partition coefficient (Wildman–Crippen LogP) is 4.21. The summed E-state index contributed by atoms with van der Waals surface area (Å²) >= 11 is 0. The number of alkyl halides is 4. The van der Waals surface area contributed by atoms with Crippen molar-refractivity contribution in [3.8, 4) is 11.5 Å². The van der Waals surface area contributed by atoms with Crippen molar-refractivity contribution in [2.24, 2.45) is 5.10 Å². The van der Waals surface area contributed by atoms with Gasteiger partial charge in [-0.1, -0.05) is 12.1 Å². The van der Waals surface area contributed by atoms with Crippen LogP contribution in [0.2, 0.25) is 0 Å². The highest BCUT2D eigenvalue weighted by molar-refractivity contribution is 5.84. The number of hydrazone groups is 1. The second-order valence-electron chi connectivity index (χ2n) is 4.93. The number of nitrogens with zero attached hydrogens (tertiary/aromatic N) is 2. The van der Waals surface area contributed by atoms with Gasteiger partial charge in [-0.2, -0.15) is 22.7 Å². The molecule has 0 atom stereocenters. The second-order valence-corrected chi connectivity index (χ2v) is 4.93. The summed E-state index contributed by atoms with van der Waals surface area (Å²) in [5.74, 6) is -0.317. The van der Waals surface area contributed by atoms with Gasteiger partial charge in [0.05, 0.1) is 17.2 Å². The lowest BCUT2D eigenvalue weighted by Gasteiger charge is -2.10. The molecule has 10 heteroatoms. The number of aromatic amines is 1. The number of imidazole rings is 1. The summed E-state index contributed by atoms with van der Waals surface area (Å²) in [4.78, 5) is 7.20. The molecule has 3 aromatic rings. The third-order valence-corrected chi connectivity index (χ3v) is 3.19. The summed E-state index contributed by atoms with van der Waals surface area (Å²) in [7, 11) is 0. The van der Waals surface area contributed by atoms with E-state index in [9.17, 15) is 17.6 Å². The summed E-state index contributed by atoms with van der Waals surface area (Å²) in [6.45, 7) is -6.21. The number of para-hydroxylation sites is 2. The Morgan fingerprint density at radius 2 is 1.81 bits per heavy atom. The van der Waals surface area contributed by atoms with Crippen molar-refractivity contribution < 1.29 is 27.0 Å². The van der Waals surface area contributed by atoms with Crippen molar-refractivity contribution in [2.75, 3.05) is 5.43 Å². The minimum absolute atomic E-state index is 0.135. The molecule has 136 valence electrons. The Balaban J connectivity index is 1.77. The summed E-state index contributed by atoms with van der Waals surface area (Å²) in [5.41, 5.74) is 4.27. The van der Waals surface area contributed by atoms with Gasteiger partial charge in [0.25, 0.3) is 0 Å². The van der Waals surface area contributed by atoms with Crippen molar-refractivity contribution in [1.82, 2.24) is 9.97 Å². The van der Waals surface area contributed by atoms with Gasteiger partial charge in [-0.05, 0) is 24.3 Å². The summed E-state index contributed by atoms with van der Waals surface area (Å²) in [5, 5.41) is 3.88. The fourth-order valence-corrected chi connectivity index (χ4v) is 2.16. The number of hydrogen-bond donors (Lipinski definition) is 2. The Labute approximate surface area is 144 Å². The molecule has 0 aliphatic heterocycles. The molecule has 0 saturated heterocycles. The number of halogens is 4. The van der Waals surface area contributed by atoms with Crippen LogP contribution in [0.4, 0.5) is 23.5 Å². The standard InChI is InChI=1S/C16H12F4N4O2/c17-14(18)25-10-6-5-9(13(7-10)26-15(19)20)8-21-24-16-22-11-3-1-2-4-12(11)23-16/h1-8,14-15H,(H2,22,23,24)/b21-8-. The third-order valence-electron chi connectivity index (χ3n) is 3.19. The fourth-order valence-electron chi connectivity index (χ4n) is 2.16. The molecule has 1 aromatic heterocycles. The maximum atomic E-state index is 12.5. The lowest BCUT2D eigenvalue weighted by molar-refractivity contribution is -0.0543. The van der Waals surface area contributed by atoms with Gasteiger partial charge in [0, 0.05) is 11.6 Å². The van der Waals surface area contributed by atoms with Crippen LogP contribution in [0.15, 0.2) is 47.6 Å². The highest BCUT2D eigenvalue weighted by Gasteiger charge is 2.12. The Bertz CT molecular complexity index is 881. The number of anilines is 1. The molecular formula is C16H12F4N4O2. The topological polar surface area (TPSA) is 71.5 Å². The van der Waals surface area contributed by atoms with Crippen LogP contribution in [-0.2, 0) is 0 Å². The smallest absolute Gasteiger partial charge is 0.387 e. The Kier molecular flexibility index (Phi) is 5.20. The zero-order chi connectivity index (χ0) is 18.5. The van der Waals surface area contributed by atoms with Crippen molar-refractivity contribution in [3.63, 3.8) is 0 Å². The molecule has 0 amide bonds. The predicted molar refractivity (Wildman–Crippen MR) is 87.0 cm³/mol. The van der Waals surface area contributed by atoms with E-state index >= 15 is 0 Å². The number of H-pyrrole nitrogens is 1. The first-order valence-electron chi connectivity index (χ1n) is 7.29. The summed E-state index contributed by atoms with van der Waals surface area (Å²) in [6.07, 6.45) is 1.19. The van der Waals surface area contributed by atoms with Crippen molar-refractivity contribution in [2.45, 2.75) is 13.2 Å². The van der Waals surface area contributed by atoms with Gasteiger partial charge in [0.15, 0.2) is 0 Å². The zero-order valence-corrected chi connectivity index (χ0v) is 13.0. The van der Waals surface area contributed by atoms with E-state index in [-0.39, 0.29) is 17.1 Å². The molecule has 2 N–H and O–H groups in total. The SMILES string of the molecule is FC(F)Oc1ccc(/C=N\Nc2nc3ccccc3[nH]2)c(OC(F)F)c1. The number of nitrogens with one attached hydrogen (secondary N) is 2. The zero-order valence-electron chi connectivity index (χ0n) is 13.0. The van der Waals surface area contributed by atoms with Crippen LogP contribution in [0.25, 0.3) is 11.0 Å². The van der Waals surface area contributed by atoms with Gasteiger partial charge < -0.3 is 14.5 Å². The first kappa shape index (κ1) is 17.5. The van der Waals surface area contributed by atoms with Gasteiger partial charge >= 0.3 is 13.2 Å². The third kappa shape index (κ3) is 4.41. The van der Waals surface area contributed by atoms with Gasteiger partial charge in [0.2, 0.25) is 5.95 Å². The van der Waals surface area contributed by atoms with Gasteiger partial charge in [0.1, 0.15) is 11.5 Å². The van der Waals surface area contributed by atoms with Crippen LogP contribution >= 0.6 is 0 Å². The van der Waals surface area contributed by atoms with Crippen molar-refractivity contribution in [3.05, 3.63) is 48.0 Å². The number of aromatic nitrogens is 2. The first-order chi connectivity index (χ1) is 12.5. The Morgan fingerprint density at radius 1 is 1.04 bits per heavy atom. The highest BCUT2D eigenvalue weighted by Crippen LogP contribution is 2.26. The first-order valence-corrected chi connectivity index (χ1v) is 7.29. The van der Waals surface area contributed by atoms with Crippen LogP contribution in [0.3, 0.4) is 0 Å². The number of rotatable bonds is 7. The van der Waals surface area contributed by atoms with E-state index in [0.29, 0.717) is 5.95 Å². The van der Waals surface area contributed by atoms with Crippen LogP contribution in [-0.4, -0.2) is 29.4 Å². The van der Waals surface area contributed by atoms with E-state index in [1.54, 1.807) is 6.07 Å². The van der Waals surface area contributed by atoms with Crippen LogP contribution < -0.4 is 14.9 Å². The van der Waals surface area contributed by atoms with E-state index in [0.717, 1.165) is 17.1 Å². The number of hydrogen-bond acceptors (Lipinski definition) is 5. The molecule has 0 aliphatic rings. The molecule has 2 aromatic carbocycles. The Morgan fingerprint density at radius 3 is 2.54 bits per heavy atom. The molecule has 6 nitrogen and oxygen atoms in total. The molecule has 0 aliphatic carbocycles. The van der Waals surface area contributed by atoms with Gasteiger partial charge in [-0.25, -0.2) is 10.4 Å². The van der Waals surface area contributed by atoms with Crippen molar-refractivity contribution >= 4 is 23.2 Å². The molecule has 0 bridgehead atoms. The molecule has 26 heavy (non-hydrogen) atoms. The lowest BCUT2D eigenvalue weighted by atomic mass is 10.2. The number of benzene rings is 2. The molecule has 3 rings (SSSR count). The van der Waals surface area contributed by atoms with E-state index in [2.05, 4.69) is 30.0 Å². The maximum absolute atomic E-state index is 12.5. The van der Waals surface area contributed by atoms with E-state index in [1.807, 2.05) is 18.2 Å². The molecule has 0 saturated carbocycles. The highest BCUT2D eigenvalue weighted by atomic mass is 19.3. The van der Waals surface area contributed by atoms with E-state index in [1.165, 1.54) is 18.3 Å². The maximum Gasteiger partial charge on any atom is 0.387 e. The average Bonchev–Trinajstić information content (AvgIpc) is 2.98. The van der Waals surface area contributed by atoms with E-state index in [4.69, 9.17) is 0 Å². The average molecular weight is 368 g/mol. The normalized spacial score (nSPS) is 11.6. The van der Waals surface area contributed by atoms with Gasteiger partial charge in [-0.3, -0.25) is 0 Å². The van der Waals surface area contributed by atoms with Crippen LogP contribution in [0.5, 0.6) is 11.5 Å². The monoisotopic (exact) mass is 368 g/mol. The molecule has 0 fully saturated rings.